The van der Waals surface area contributed by atoms with Gasteiger partial charge in [-0.05, 0) is 50.2 Å². The van der Waals surface area contributed by atoms with Gasteiger partial charge in [-0.3, -0.25) is 9.59 Å². The second-order valence-corrected chi connectivity index (χ2v) is 6.63. The van der Waals surface area contributed by atoms with Crippen molar-refractivity contribution < 1.29 is 9.59 Å². The van der Waals surface area contributed by atoms with Crippen molar-refractivity contribution in [2.75, 3.05) is 5.32 Å². The Kier molecular flexibility index (Phi) is 6.10. The van der Waals surface area contributed by atoms with Crippen LogP contribution in [0.25, 0.3) is 0 Å². The maximum atomic E-state index is 12.3. The Morgan fingerprint density at radius 1 is 0.833 bits per heavy atom. The van der Waals surface area contributed by atoms with E-state index < -0.39 is 5.91 Å². The lowest BCUT2D eigenvalue weighted by atomic mass is 10.1. The third kappa shape index (κ3) is 4.63. The second-order valence-electron chi connectivity index (χ2n) is 5.41. The van der Waals surface area contributed by atoms with Gasteiger partial charge >= 0.3 is 0 Å². The highest BCUT2D eigenvalue weighted by Gasteiger charge is 2.13. The molecule has 0 unspecified atom stereocenters. The van der Waals surface area contributed by atoms with Gasteiger partial charge in [0.15, 0.2) is 0 Å². The molecule has 0 aliphatic carbocycles. The van der Waals surface area contributed by atoms with Gasteiger partial charge in [0.2, 0.25) is 0 Å². The van der Waals surface area contributed by atoms with Gasteiger partial charge in [0.1, 0.15) is 0 Å². The number of anilines is 1. The number of carbonyl (C=O) groups is 2. The molecule has 2 rings (SSSR count). The van der Waals surface area contributed by atoms with Gasteiger partial charge in [0, 0.05) is 17.2 Å². The molecule has 7 heteroatoms. The summed E-state index contributed by atoms with van der Waals surface area (Å²) in [6, 6.07) is 9.22. The van der Waals surface area contributed by atoms with Gasteiger partial charge in [-0.2, -0.15) is 0 Å². The number of hydrogen-bond acceptors (Lipinski definition) is 2. The fourth-order valence-corrected chi connectivity index (χ4v) is 2.40. The minimum atomic E-state index is -0.406. The quantitative estimate of drug-likeness (QED) is 0.775. The highest BCUT2D eigenvalue weighted by molar-refractivity contribution is 6.42. The van der Waals surface area contributed by atoms with Crippen LogP contribution in [0.15, 0.2) is 36.4 Å². The van der Waals surface area contributed by atoms with E-state index in [1.54, 1.807) is 18.2 Å². The Balaban J connectivity index is 2.23. The molecular formula is C17H15Cl3N2O2. The monoisotopic (exact) mass is 384 g/mol. The first-order chi connectivity index (χ1) is 11.3. The molecule has 0 saturated carbocycles. The van der Waals surface area contributed by atoms with E-state index in [1.165, 1.54) is 18.2 Å². The van der Waals surface area contributed by atoms with Crippen LogP contribution in [-0.2, 0) is 0 Å². The minimum Gasteiger partial charge on any atom is -0.350 e. The van der Waals surface area contributed by atoms with E-state index in [9.17, 15) is 9.59 Å². The number of carbonyl (C=O) groups excluding carboxylic acids is 2. The van der Waals surface area contributed by atoms with E-state index in [-0.39, 0.29) is 17.0 Å². The zero-order valence-corrected chi connectivity index (χ0v) is 15.3. The number of rotatable bonds is 4. The number of hydrogen-bond donors (Lipinski definition) is 2. The molecule has 0 radical (unpaired) electrons. The van der Waals surface area contributed by atoms with Gasteiger partial charge < -0.3 is 10.6 Å². The molecule has 0 bridgehead atoms. The Labute approximate surface area is 155 Å². The van der Waals surface area contributed by atoms with E-state index >= 15 is 0 Å². The molecule has 4 nitrogen and oxygen atoms in total. The van der Waals surface area contributed by atoms with E-state index in [0.717, 1.165) is 0 Å². The van der Waals surface area contributed by atoms with Gasteiger partial charge in [-0.15, -0.1) is 0 Å². The molecule has 0 heterocycles. The van der Waals surface area contributed by atoms with Gasteiger partial charge in [0.05, 0.1) is 20.8 Å². The van der Waals surface area contributed by atoms with Crippen LogP contribution in [0.4, 0.5) is 5.69 Å². The molecule has 0 aliphatic rings. The maximum absolute atomic E-state index is 12.3. The van der Waals surface area contributed by atoms with Crippen molar-refractivity contribution in [3.63, 3.8) is 0 Å². The first-order valence-corrected chi connectivity index (χ1v) is 8.28. The molecule has 2 aromatic rings. The Morgan fingerprint density at radius 2 is 1.42 bits per heavy atom. The third-order valence-corrected chi connectivity index (χ3v) is 4.15. The molecule has 24 heavy (non-hydrogen) atoms. The summed E-state index contributed by atoms with van der Waals surface area (Å²) in [5, 5.41) is 6.41. The number of halogens is 3. The standard InChI is InChI=1S/C17H15Cl3N2O2/c1-9(2)21-16(23)11-4-6-13(19)15(8-11)22-17(24)10-3-5-12(18)14(20)7-10/h3-9H,1-2H3,(H,21,23)(H,22,24). The highest BCUT2D eigenvalue weighted by atomic mass is 35.5. The van der Waals surface area contributed by atoms with E-state index in [1.807, 2.05) is 13.8 Å². The number of nitrogens with one attached hydrogen (secondary N) is 2. The van der Waals surface area contributed by atoms with E-state index in [0.29, 0.717) is 26.9 Å². The zero-order chi connectivity index (χ0) is 17.9. The molecule has 126 valence electrons. The Hall–Kier alpha value is -1.75. The predicted molar refractivity (Wildman–Crippen MR) is 98.5 cm³/mol. The molecule has 0 atom stereocenters. The van der Waals surface area contributed by atoms with Crippen molar-refractivity contribution >= 4 is 52.3 Å². The average molecular weight is 386 g/mol. The van der Waals surface area contributed by atoms with Crippen molar-refractivity contribution in [3.8, 4) is 0 Å². The smallest absolute Gasteiger partial charge is 0.255 e. The van der Waals surface area contributed by atoms with Crippen LogP contribution < -0.4 is 10.6 Å². The van der Waals surface area contributed by atoms with E-state index in [2.05, 4.69) is 10.6 Å². The summed E-state index contributed by atoms with van der Waals surface area (Å²) in [6.45, 7) is 3.72. The van der Waals surface area contributed by atoms with Crippen molar-refractivity contribution in [1.82, 2.24) is 5.32 Å². The van der Waals surface area contributed by atoms with E-state index in [4.69, 9.17) is 34.8 Å². The Bertz CT molecular complexity index is 791. The summed E-state index contributed by atoms with van der Waals surface area (Å²) in [5.41, 5.74) is 1.07. The normalized spacial score (nSPS) is 10.6. The summed E-state index contributed by atoms with van der Waals surface area (Å²) in [7, 11) is 0. The number of amides is 2. The lowest BCUT2D eigenvalue weighted by Crippen LogP contribution is -2.30. The van der Waals surface area contributed by atoms with Crippen molar-refractivity contribution in [1.29, 1.82) is 0 Å². The molecular weight excluding hydrogens is 371 g/mol. The summed E-state index contributed by atoms with van der Waals surface area (Å²) in [5.74, 6) is -0.649. The molecule has 0 aromatic heterocycles. The fourth-order valence-electron chi connectivity index (χ4n) is 1.94. The molecule has 2 N–H and O–H groups in total. The average Bonchev–Trinajstić information content (AvgIpc) is 2.51. The van der Waals surface area contributed by atoms with Crippen LogP contribution in [0.3, 0.4) is 0 Å². The third-order valence-electron chi connectivity index (χ3n) is 3.08. The largest absolute Gasteiger partial charge is 0.350 e. The first-order valence-electron chi connectivity index (χ1n) is 7.14. The number of benzene rings is 2. The first kappa shape index (κ1) is 18.6. The molecule has 0 fully saturated rings. The summed E-state index contributed by atoms with van der Waals surface area (Å²) < 4.78 is 0. The minimum absolute atomic E-state index is 0.00225. The molecule has 2 amide bonds. The van der Waals surface area contributed by atoms with Gasteiger partial charge in [-0.25, -0.2) is 0 Å². The summed E-state index contributed by atoms with van der Waals surface area (Å²) in [6.07, 6.45) is 0. The fraction of sp³-hybridized carbons (Fsp3) is 0.176. The SMILES string of the molecule is CC(C)NC(=O)c1ccc(Cl)c(NC(=O)c2ccc(Cl)c(Cl)c2)c1. The molecule has 2 aromatic carbocycles. The zero-order valence-electron chi connectivity index (χ0n) is 13.0. The van der Waals surface area contributed by atoms with Crippen LogP contribution in [-0.4, -0.2) is 17.9 Å². The van der Waals surface area contributed by atoms with Crippen molar-refractivity contribution in [2.24, 2.45) is 0 Å². The highest BCUT2D eigenvalue weighted by Crippen LogP contribution is 2.26. The van der Waals surface area contributed by atoms with Crippen LogP contribution in [0, 0.1) is 0 Å². The summed E-state index contributed by atoms with van der Waals surface area (Å²) >= 11 is 17.9. The molecule has 0 saturated heterocycles. The van der Waals surface area contributed by atoms with Crippen LogP contribution in [0.1, 0.15) is 34.6 Å². The van der Waals surface area contributed by atoms with Crippen LogP contribution in [0.2, 0.25) is 15.1 Å². The summed E-state index contributed by atoms with van der Waals surface area (Å²) in [4.78, 5) is 24.4. The maximum Gasteiger partial charge on any atom is 0.255 e. The van der Waals surface area contributed by atoms with Crippen molar-refractivity contribution in [3.05, 3.63) is 62.6 Å². The van der Waals surface area contributed by atoms with Gasteiger partial charge in [-0.1, -0.05) is 34.8 Å². The Morgan fingerprint density at radius 3 is 2.00 bits per heavy atom. The lowest BCUT2D eigenvalue weighted by molar-refractivity contribution is 0.0942. The predicted octanol–water partition coefficient (Wildman–Crippen LogP) is 5.04. The van der Waals surface area contributed by atoms with Crippen LogP contribution >= 0.6 is 34.8 Å². The topological polar surface area (TPSA) is 58.2 Å². The van der Waals surface area contributed by atoms with Gasteiger partial charge in [0.25, 0.3) is 11.8 Å². The molecule has 0 spiro atoms. The van der Waals surface area contributed by atoms with Crippen LogP contribution in [0.5, 0.6) is 0 Å². The second kappa shape index (κ2) is 7.88. The lowest BCUT2D eigenvalue weighted by Gasteiger charge is -2.12. The van der Waals surface area contributed by atoms with Crippen molar-refractivity contribution in [2.45, 2.75) is 19.9 Å². The molecule has 0 aliphatic heterocycles.